The fraction of sp³-hybridized carbons (Fsp3) is 0.583. The van der Waals surface area contributed by atoms with Crippen molar-refractivity contribution in [2.24, 2.45) is 5.92 Å². The highest BCUT2D eigenvalue weighted by atomic mass is 79.9. The number of hydrogen-bond acceptors (Lipinski definition) is 3. The summed E-state index contributed by atoms with van der Waals surface area (Å²) in [6, 6.07) is 1.61. The molecule has 106 valence electrons. The van der Waals surface area contributed by atoms with Crippen LogP contribution in [0.15, 0.2) is 27.8 Å². The molecular weight excluding hydrogens is 396 g/mol. The van der Waals surface area contributed by atoms with Crippen LogP contribution in [0.2, 0.25) is 0 Å². The first-order valence-electron chi connectivity index (χ1n) is 6.20. The van der Waals surface area contributed by atoms with Crippen molar-refractivity contribution in [3.63, 3.8) is 0 Å². The molecule has 0 radical (unpaired) electrons. The molecule has 19 heavy (non-hydrogen) atoms. The standard InChI is InChI=1S/C12H16Br2N2O2S/c13-6-9-1-3-11(4-2-9)16-19(17,18)12-5-10(14)7-15-8-12/h5,7-9,11,16H,1-4,6H2. The minimum Gasteiger partial charge on any atom is -0.262 e. The Morgan fingerprint density at radius 2 is 1.95 bits per heavy atom. The molecule has 2 rings (SSSR count). The summed E-state index contributed by atoms with van der Waals surface area (Å²) in [5, 5.41) is 1.00. The summed E-state index contributed by atoms with van der Waals surface area (Å²) in [7, 11) is -3.46. The number of halogens is 2. The van der Waals surface area contributed by atoms with Crippen molar-refractivity contribution in [3.05, 3.63) is 22.9 Å². The number of nitrogens with one attached hydrogen (secondary N) is 1. The fourth-order valence-electron chi connectivity index (χ4n) is 2.26. The molecule has 0 spiro atoms. The predicted molar refractivity (Wildman–Crippen MR) is 81.8 cm³/mol. The first-order chi connectivity index (χ1) is 9.01. The molecule has 1 aromatic rings. The summed E-state index contributed by atoms with van der Waals surface area (Å²) in [6.45, 7) is 0. The van der Waals surface area contributed by atoms with Gasteiger partial charge >= 0.3 is 0 Å². The lowest BCUT2D eigenvalue weighted by Gasteiger charge is -2.27. The largest absolute Gasteiger partial charge is 0.262 e. The van der Waals surface area contributed by atoms with Crippen molar-refractivity contribution in [3.8, 4) is 0 Å². The monoisotopic (exact) mass is 410 g/mol. The number of sulfonamides is 1. The van der Waals surface area contributed by atoms with Gasteiger partial charge in [-0.25, -0.2) is 13.1 Å². The molecule has 1 fully saturated rings. The normalized spacial score (nSPS) is 24.3. The van der Waals surface area contributed by atoms with Crippen LogP contribution in [0.25, 0.3) is 0 Å². The van der Waals surface area contributed by atoms with Gasteiger partial charge in [-0.3, -0.25) is 4.98 Å². The summed E-state index contributed by atoms with van der Waals surface area (Å²) in [5.41, 5.74) is 0. The molecule has 0 amide bonds. The second kappa shape index (κ2) is 6.65. The Bertz CT molecular complexity index is 528. The first-order valence-corrected chi connectivity index (χ1v) is 9.60. The fourth-order valence-corrected chi connectivity index (χ4v) is 4.72. The Kier molecular flexibility index (Phi) is 5.39. The summed E-state index contributed by atoms with van der Waals surface area (Å²) in [4.78, 5) is 4.11. The summed E-state index contributed by atoms with van der Waals surface area (Å²) < 4.78 is 27.9. The molecule has 1 N–H and O–H groups in total. The maximum atomic E-state index is 12.2. The maximum absolute atomic E-state index is 12.2. The van der Waals surface area contributed by atoms with E-state index in [-0.39, 0.29) is 10.9 Å². The molecule has 0 aliphatic heterocycles. The molecule has 1 aliphatic carbocycles. The second-order valence-corrected chi connectivity index (χ2v) is 8.11. The van der Waals surface area contributed by atoms with E-state index in [9.17, 15) is 8.42 Å². The van der Waals surface area contributed by atoms with E-state index in [0.717, 1.165) is 31.0 Å². The van der Waals surface area contributed by atoms with Gasteiger partial charge in [-0.1, -0.05) is 15.9 Å². The third kappa shape index (κ3) is 4.24. The lowest BCUT2D eigenvalue weighted by molar-refractivity contribution is 0.337. The van der Waals surface area contributed by atoms with E-state index in [1.807, 2.05) is 0 Å². The van der Waals surface area contributed by atoms with Crippen LogP contribution >= 0.6 is 31.9 Å². The summed E-state index contributed by atoms with van der Waals surface area (Å²) in [5.74, 6) is 0.674. The Morgan fingerprint density at radius 3 is 2.53 bits per heavy atom. The van der Waals surface area contributed by atoms with Crippen LogP contribution in [0.1, 0.15) is 25.7 Å². The number of aromatic nitrogens is 1. The van der Waals surface area contributed by atoms with Gasteiger partial charge in [0.1, 0.15) is 4.90 Å². The van der Waals surface area contributed by atoms with Crippen LogP contribution < -0.4 is 4.72 Å². The molecule has 1 aliphatic rings. The third-order valence-electron chi connectivity index (χ3n) is 3.38. The van der Waals surface area contributed by atoms with Gasteiger partial charge in [0.2, 0.25) is 10.0 Å². The van der Waals surface area contributed by atoms with Crippen LogP contribution in [0, 0.1) is 5.92 Å². The number of pyridine rings is 1. The molecule has 1 aromatic heterocycles. The maximum Gasteiger partial charge on any atom is 0.242 e. The van der Waals surface area contributed by atoms with Gasteiger partial charge in [0.25, 0.3) is 0 Å². The van der Waals surface area contributed by atoms with Gasteiger partial charge in [0, 0.05) is 28.2 Å². The van der Waals surface area contributed by atoms with Crippen molar-refractivity contribution in [1.29, 1.82) is 0 Å². The van der Waals surface area contributed by atoms with Crippen LogP contribution in [0.5, 0.6) is 0 Å². The van der Waals surface area contributed by atoms with Crippen molar-refractivity contribution in [2.75, 3.05) is 5.33 Å². The Hall–Kier alpha value is 0.0200. The molecule has 1 heterocycles. The Balaban J connectivity index is 2.02. The predicted octanol–water partition coefficient (Wildman–Crippen LogP) is 3.08. The van der Waals surface area contributed by atoms with E-state index in [0.29, 0.717) is 10.4 Å². The second-order valence-electron chi connectivity index (χ2n) is 4.83. The zero-order valence-corrected chi connectivity index (χ0v) is 14.3. The number of hydrogen-bond donors (Lipinski definition) is 1. The van der Waals surface area contributed by atoms with Crippen LogP contribution in [0.4, 0.5) is 0 Å². The lowest BCUT2D eigenvalue weighted by atomic mass is 9.88. The average molecular weight is 412 g/mol. The van der Waals surface area contributed by atoms with Gasteiger partial charge in [0.05, 0.1) is 0 Å². The van der Waals surface area contributed by atoms with E-state index in [4.69, 9.17) is 0 Å². The smallest absolute Gasteiger partial charge is 0.242 e. The number of rotatable bonds is 4. The van der Waals surface area contributed by atoms with Crippen LogP contribution in [-0.4, -0.2) is 24.8 Å². The minimum absolute atomic E-state index is 0.0410. The lowest BCUT2D eigenvalue weighted by Crippen LogP contribution is -2.37. The van der Waals surface area contributed by atoms with Crippen LogP contribution in [0.3, 0.4) is 0 Å². The number of nitrogens with zero attached hydrogens (tertiary/aromatic N) is 1. The highest BCUT2D eigenvalue weighted by Crippen LogP contribution is 2.26. The number of alkyl halides is 1. The van der Waals surface area contributed by atoms with Crippen molar-refractivity contribution >= 4 is 41.9 Å². The third-order valence-corrected chi connectivity index (χ3v) is 6.21. The average Bonchev–Trinajstić information content (AvgIpc) is 2.39. The van der Waals surface area contributed by atoms with Gasteiger partial charge in [-0.2, -0.15) is 0 Å². The zero-order valence-electron chi connectivity index (χ0n) is 10.4. The molecule has 0 bridgehead atoms. The van der Waals surface area contributed by atoms with Crippen LogP contribution in [-0.2, 0) is 10.0 Å². The first kappa shape index (κ1) is 15.4. The molecule has 0 saturated heterocycles. The zero-order chi connectivity index (χ0) is 13.9. The molecule has 0 atom stereocenters. The van der Waals surface area contributed by atoms with Crippen molar-refractivity contribution in [1.82, 2.24) is 9.71 Å². The topological polar surface area (TPSA) is 59.1 Å². The van der Waals surface area contributed by atoms with Crippen molar-refractivity contribution < 1.29 is 8.42 Å². The quantitative estimate of drug-likeness (QED) is 0.774. The van der Waals surface area contributed by atoms with E-state index in [2.05, 4.69) is 41.6 Å². The van der Waals surface area contributed by atoms with E-state index in [1.165, 1.54) is 6.20 Å². The molecule has 1 saturated carbocycles. The summed E-state index contributed by atoms with van der Waals surface area (Å²) in [6.07, 6.45) is 6.87. The van der Waals surface area contributed by atoms with E-state index in [1.54, 1.807) is 12.3 Å². The molecule has 0 aromatic carbocycles. The Labute approximate surface area is 130 Å². The van der Waals surface area contributed by atoms with E-state index < -0.39 is 10.0 Å². The molecular formula is C12H16Br2N2O2S. The highest BCUT2D eigenvalue weighted by molar-refractivity contribution is 9.10. The van der Waals surface area contributed by atoms with Gasteiger partial charge in [-0.05, 0) is 53.6 Å². The molecule has 7 heteroatoms. The SMILES string of the molecule is O=S(=O)(NC1CCC(CBr)CC1)c1cncc(Br)c1. The van der Waals surface area contributed by atoms with Gasteiger partial charge < -0.3 is 0 Å². The van der Waals surface area contributed by atoms with E-state index >= 15 is 0 Å². The van der Waals surface area contributed by atoms with Gasteiger partial charge in [0.15, 0.2) is 0 Å². The van der Waals surface area contributed by atoms with Gasteiger partial charge in [-0.15, -0.1) is 0 Å². The highest BCUT2D eigenvalue weighted by Gasteiger charge is 2.25. The molecule has 4 nitrogen and oxygen atoms in total. The van der Waals surface area contributed by atoms with Crippen molar-refractivity contribution in [2.45, 2.75) is 36.6 Å². The Morgan fingerprint density at radius 1 is 1.26 bits per heavy atom. The molecule has 0 unspecified atom stereocenters. The minimum atomic E-state index is -3.46. The summed E-state index contributed by atoms with van der Waals surface area (Å²) >= 11 is 6.72.